The molecule has 0 saturated carbocycles. The molecule has 1 aromatic heterocycles. The van der Waals surface area contributed by atoms with E-state index in [2.05, 4.69) is 10.4 Å². The number of nitrogens with zero attached hydrogens (tertiary/aromatic N) is 2. The Balaban J connectivity index is 1.63. The van der Waals surface area contributed by atoms with E-state index in [1.807, 2.05) is 49.5 Å². The lowest BCUT2D eigenvalue weighted by Gasteiger charge is -2.19. The van der Waals surface area contributed by atoms with Crippen molar-refractivity contribution in [3.63, 3.8) is 0 Å². The molecule has 2 heterocycles. The van der Waals surface area contributed by atoms with Crippen LogP contribution < -0.4 is 5.32 Å². The highest BCUT2D eigenvalue weighted by Gasteiger charge is 2.38. The van der Waals surface area contributed by atoms with Gasteiger partial charge in [0.1, 0.15) is 5.92 Å². The van der Waals surface area contributed by atoms with E-state index in [1.54, 1.807) is 10.1 Å². The summed E-state index contributed by atoms with van der Waals surface area (Å²) < 4.78 is 1.76. The molecule has 7 heteroatoms. The number of rotatable bonds is 7. The van der Waals surface area contributed by atoms with Crippen molar-refractivity contribution in [3.8, 4) is 0 Å². The normalized spacial score (nSPS) is 19.2. The lowest BCUT2D eigenvalue weighted by molar-refractivity contribution is -0.139. The van der Waals surface area contributed by atoms with Gasteiger partial charge in [-0.1, -0.05) is 30.3 Å². The molecule has 1 aliphatic rings. The summed E-state index contributed by atoms with van der Waals surface area (Å²) in [4.78, 5) is 24.1. The lowest BCUT2D eigenvalue weighted by atomic mass is 9.97. The standard InChI is InChI=1S/C19H21N3O3S/c1-2-22-11-10-15(21-22)14-12-26-18(17(14)19(24)25)20-16(23)9-8-13-6-4-3-5-7-13/h3-7,10-12,17-18H,2,8-9H2,1H3,(H,20,23)(H,24,25). The molecule has 0 radical (unpaired) electrons. The van der Waals surface area contributed by atoms with E-state index in [0.29, 0.717) is 24.1 Å². The molecule has 0 bridgehead atoms. The van der Waals surface area contributed by atoms with Gasteiger partial charge in [0.15, 0.2) is 0 Å². The minimum Gasteiger partial charge on any atom is -0.481 e. The molecule has 0 saturated heterocycles. The molecule has 1 aliphatic heterocycles. The first kappa shape index (κ1) is 18.3. The van der Waals surface area contributed by atoms with Crippen LogP contribution in [0.3, 0.4) is 0 Å². The number of carboxylic acid groups (broad SMARTS) is 1. The van der Waals surface area contributed by atoms with Crippen LogP contribution in [0.5, 0.6) is 0 Å². The van der Waals surface area contributed by atoms with Gasteiger partial charge in [0, 0.05) is 24.7 Å². The van der Waals surface area contributed by atoms with E-state index in [0.717, 1.165) is 12.1 Å². The number of hydrogen-bond acceptors (Lipinski definition) is 4. The number of hydrogen-bond donors (Lipinski definition) is 2. The van der Waals surface area contributed by atoms with Crippen molar-refractivity contribution in [2.45, 2.75) is 31.7 Å². The van der Waals surface area contributed by atoms with Crippen molar-refractivity contribution in [1.82, 2.24) is 15.1 Å². The van der Waals surface area contributed by atoms with Crippen molar-refractivity contribution >= 4 is 29.2 Å². The summed E-state index contributed by atoms with van der Waals surface area (Å²) in [5, 5.41) is 18.2. The molecule has 3 rings (SSSR count). The van der Waals surface area contributed by atoms with E-state index in [9.17, 15) is 14.7 Å². The maximum atomic E-state index is 12.3. The van der Waals surface area contributed by atoms with Crippen LogP contribution in [0.4, 0.5) is 0 Å². The Bertz CT molecular complexity index is 816. The summed E-state index contributed by atoms with van der Waals surface area (Å²) in [5.41, 5.74) is 2.37. The fraction of sp³-hybridized carbons (Fsp3) is 0.316. The van der Waals surface area contributed by atoms with Crippen LogP contribution in [-0.4, -0.2) is 32.1 Å². The van der Waals surface area contributed by atoms with Gasteiger partial charge in [-0.15, -0.1) is 11.8 Å². The van der Waals surface area contributed by atoms with Crippen LogP contribution in [0.2, 0.25) is 0 Å². The van der Waals surface area contributed by atoms with E-state index < -0.39 is 17.3 Å². The van der Waals surface area contributed by atoms with E-state index in [-0.39, 0.29) is 5.91 Å². The highest BCUT2D eigenvalue weighted by Crippen LogP contribution is 2.39. The van der Waals surface area contributed by atoms with Gasteiger partial charge in [-0.05, 0) is 30.4 Å². The van der Waals surface area contributed by atoms with Gasteiger partial charge < -0.3 is 10.4 Å². The van der Waals surface area contributed by atoms with Gasteiger partial charge >= 0.3 is 5.97 Å². The van der Waals surface area contributed by atoms with Crippen molar-refractivity contribution in [1.29, 1.82) is 0 Å². The minimum atomic E-state index is -0.958. The molecule has 1 amide bonds. The molecular formula is C19H21N3O3S. The van der Waals surface area contributed by atoms with Crippen molar-refractivity contribution in [2.75, 3.05) is 0 Å². The summed E-state index contributed by atoms with van der Waals surface area (Å²) in [7, 11) is 0. The van der Waals surface area contributed by atoms with E-state index in [1.165, 1.54) is 11.8 Å². The highest BCUT2D eigenvalue weighted by molar-refractivity contribution is 8.03. The van der Waals surface area contributed by atoms with Crippen molar-refractivity contribution < 1.29 is 14.7 Å². The Labute approximate surface area is 156 Å². The van der Waals surface area contributed by atoms with Crippen LogP contribution >= 0.6 is 11.8 Å². The third-order valence-electron chi connectivity index (χ3n) is 4.29. The third kappa shape index (κ3) is 4.16. The number of aliphatic carboxylic acids is 1. The van der Waals surface area contributed by atoms with Crippen LogP contribution in [0.25, 0.3) is 5.57 Å². The Morgan fingerprint density at radius 2 is 2.04 bits per heavy atom. The number of amides is 1. The predicted molar refractivity (Wildman–Crippen MR) is 101 cm³/mol. The molecule has 6 nitrogen and oxygen atoms in total. The number of nitrogens with one attached hydrogen (secondary N) is 1. The van der Waals surface area contributed by atoms with E-state index >= 15 is 0 Å². The maximum Gasteiger partial charge on any atom is 0.314 e. The molecular weight excluding hydrogens is 350 g/mol. The number of carbonyl (C=O) groups is 2. The first-order valence-corrected chi connectivity index (χ1v) is 9.48. The first-order chi connectivity index (χ1) is 12.6. The molecule has 0 aliphatic carbocycles. The van der Waals surface area contributed by atoms with Gasteiger partial charge in [0.25, 0.3) is 0 Å². The van der Waals surface area contributed by atoms with Crippen molar-refractivity contribution in [3.05, 3.63) is 59.3 Å². The minimum absolute atomic E-state index is 0.147. The number of benzene rings is 1. The van der Waals surface area contributed by atoms with Crippen LogP contribution in [-0.2, 0) is 22.6 Å². The quantitative estimate of drug-likeness (QED) is 0.782. The fourth-order valence-corrected chi connectivity index (χ4v) is 4.07. The van der Waals surface area contributed by atoms with Gasteiger partial charge in [-0.3, -0.25) is 14.3 Å². The SMILES string of the molecule is CCn1ccc(C2=CSC(NC(=O)CCc3ccccc3)C2C(=O)O)n1. The van der Waals surface area contributed by atoms with Gasteiger partial charge in [-0.25, -0.2) is 0 Å². The highest BCUT2D eigenvalue weighted by atomic mass is 32.2. The smallest absolute Gasteiger partial charge is 0.314 e. The monoisotopic (exact) mass is 371 g/mol. The second-order valence-corrected chi connectivity index (χ2v) is 7.07. The number of aromatic nitrogens is 2. The van der Waals surface area contributed by atoms with Gasteiger partial charge in [0.05, 0.1) is 11.1 Å². The molecule has 26 heavy (non-hydrogen) atoms. The Hall–Kier alpha value is -2.54. The predicted octanol–water partition coefficient (Wildman–Crippen LogP) is 2.77. The molecule has 136 valence electrons. The zero-order chi connectivity index (χ0) is 18.5. The zero-order valence-corrected chi connectivity index (χ0v) is 15.3. The van der Waals surface area contributed by atoms with Crippen molar-refractivity contribution in [2.24, 2.45) is 5.92 Å². The van der Waals surface area contributed by atoms with E-state index in [4.69, 9.17) is 0 Å². The van der Waals surface area contributed by atoms with Gasteiger partial charge in [-0.2, -0.15) is 5.10 Å². The van der Waals surface area contributed by atoms with Crippen LogP contribution in [0, 0.1) is 5.92 Å². The Kier molecular flexibility index (Phi) is 5.78. The summed E-state index contributed by atoms with van der Waals surface area (Å²) in [6.45, 7) is 2.69. The fourth-order valence-electron chi connectivity index (χ4n) is 2.89. The number of carboxylic acids is 1. The summed E-state index contributed by atoms with van der Waals surface area (Å²) in [6.07, 6.45) is 2.78. The lowest BCUT2D eigenvalue weighted by Crippen LogP contribution is -2.39. The Morgan fingerprint density at radius 3 is 2.69 bits per heavy atom. The Morgan fingerprint density at radius 1 is 1.27 bits per heavy atom. The number of carbonyl (C=O) groups excluding carboxylic acids is 1. The van der Waals surface area contributed by atoms with Gasteiger partial charge in [0.2, 0.25) is 5.91 Å². The molecule has 0 spiro atoms. The molecule has 2 atom stereocenters. The van der Waals surface area contributed by atoms with Crippen LogP contribution in [0.15, 0.2) is 48.0 Å². The molecule has 0 fully saturated rings. The molecule has 1 aromatic carbocycles. The third-order valence-corrected chi connectivity index (χ3v) is 5.37. The topological polar surface area (TPSA) is 84.2 Å². The summed E-state index contributed by atoms with van der Waals surface area (Å²) in [5.74, 6) is -1.91. The summed E-state index contributed by atoms with van der Waals surface area (Å²) >= 11 is 1.32. The zero-order valence-electron chi connectivity index (χ0n) is 14.5. The molecule has 2 aromatic rings. The summed E-state index contributed by atoms with van der Waals surface area (Å²) in [6, 6.07) is 11.6. The first-order valence-electron chi connectivity index (χ1n) is 8.54. The number of aryl methyl sites for hydroxylation is 2. The molecule has 2 N–H and O–H groups in total. The largest absolute Gasteiger partial charge is 0.481 e. The second kappa shape index (κ2) is 8.23. The average Bonchev–Trinajstić information content (AvgIpc) is 3.27. The maximum absolute atomic E-state index is 12.3. The second-order valence-electron chi connectivity index (χ2n) is 6.06. The average molecular weight is 371 g/mol. The molecule has 2 unspecified atom stereocenters. The van der Waals surface area contributed by atoms with Crippen LogP contribution in [0.1, 0.15) is 24.6 Å². The number of thioether (sulfide) groups is 1.